The van der Waals surface area contributed by atoms with E-state index < -0.39 is 0 Å². The van der Waals surface area contributed by atoms with Gasteiger partial charge >= 0.3 is 0 Å². The summed E-state index contributed by atoms with van der Waals surface area (Å²) in [6.45, 7) is 7.69. The molecule has 1 fully saturated rings. The van der Waals surface area contributed by atoms with Crippen molar-refractivity contribution in [3.8, 4) is 5.75 Å². The van der Waals surface area contributed by atoms with Crippen LogP contribution in [0.4, 0.5) is 5.69 Å². The molecule has 5 heteroatoms. The topological polar surface area (TPSA) is 36.5 Å². The molecule has 0 bridgehead atoms. The Hall–Kier alpha value is -0.780. The van der Waals surface area contributed by atoms with Gasteiger partial charge in [-0.15, -0.1) is 0 Å². The summed E-state index contributed by atoms with van der Waals surface area (Å²) >= 11 is 3.51. The largest absolute Gasteiger partial charge is 0.496 e. The maximum Gasteiger partial charge on any atom is 0.133 e. The van der Waals surface area contributed by atoms with Gasteiger partial charge in [-0.2, -0.15) is 0 Å². The van der Waals surface area contributed by atoms with Crippen LogP contribution < -0.4 is 15.4 Å². The van der Waals surface area contributed by atoms with Crippen molar-refractivity contribution in [2.75, 3.05) is 45.2 Å². The molecular weight excluding hydrogens is 306 g/mol. The lowest BCUT2D eigenvalue weighted by atomic mass is 10.2. The Bertz CT molecular complexity index is 408. The minimum Gasteiger partial charge on any atom is -0.496 e. The normalized spacial score (nSPS) is 18.1. The first-order valence-corrected chi connectivity index (χ1v) is 7.52. The molecule has 0 aromatic heterocycles. The second kappa shape index (κ2) is 7.12. The van der Waals surface area contributed by atoms with Crippen LogP contribution in [0, 0.1) is 0 Å². The molecule has 0 spiro atoms. The zero-order valence-electron chi connectivity index (χ0n) is 11.6. The van der Waals surface area contributed by atoms with E-state index in [0.29, 0.717) is 6.04 Å². The molecule has 1 atom stereocenters. The van der Waals surface area contributed by atoms with E-state index >= 15 is 0 Å². The molecule has 0 amide bonds. The molecule has 1 aromatic carbocycles. The third kappa shape index (κ3) is 4.09. The number of halogens is 1. The number of hydrogen-bond donors (Lipinski definition) is 2. The molecule has 0 radical (unpaired) electrons. The van der Waals surface area contributed by atoms with Crippen molar-refractivity contribution in [3.05, 3.63) is 22.7 Å². The Morgan fingerprint density at radius 1 is 1.42 bits per heavy atom. The lowest BCUT2D eigenvalue weighted by Gasteiger charge is -2.33. The Morgan fingerprint density at radius 3 is 2.79 bits per heavy atom. The first kappa shape index (κ1) is 14.6. The van der Waals surface area contributed by atoms with Crippen molar-refractivity contribution in [3.63, 3.8) is 0 Å². The van der Waals surface area contributed by atoms with Crippen LogP contribution in [0.5, 0.6) is 5.75 Å². The smallest absolute Gasteiger partial charge is 0.133 e. The summed E-state index contributed by atoms with van der Waals surface area (Å²) < 4.78 is 6.21. The second-order valence-corrected chi connectivity index (χ2v) is 5.72. The zero-order valence-corrected chi connectivity index (χ0v) is 13.2. The molecule has 0 saturated carbocycles. The van der Waals surface area contributed by atoms with Gasteiger partial charge in [-0.25, -0.2) is 0 Å². The Kier molecular flexibility index (Phi) is 5.48. The number of anilines is 1. The van der Waals surface area contributed by atoms with E-state index in [0.717, 1.165) is 48.6 Å². The van der Waals surface area contributed by atoms with Crippen molar-refractivity contribution < 1.29 is 4.74 Å². The summed E-state index contributed by atoms with van der Waals surface area (Å²) in [5, 5.41) is 6.87. The number of methoxy groups -OCH3 is 1. The molecule has 0 aliphatic carbocycles. The van der Waals surface area contributed by atoms with Crippen molar-refractivity contribution >= 4 is 21.6 Å². The van der Waals surface area contributed by atoms with Crippen molar-refractivity contribution in [1.29, 1.82) is 0 Å². The van der Waals surface area contributed by atoms with E-state index in [1.165, 1.54) is 0 Å². The van der Waals surface area contributed by atoms with Gasteiger partial charge in [-0.1, -0.05) is 0 Å². The summed E-state index contributed by atoms with van der Waals surface area (Å²) in [5.74, 6) is 0.862. The molecule has 1 aliphatic heterocycles. The standard InChI is InChI=1S/C14H22BrN3O/c1-11(18-7-5-16-6-8-18)10-17-12-3-4-14(19-2)13(15)9-12/h3-4,9,11,16-17H,5-8,10H2,1-2H3. The number of ether oxygens (including phenoxy) is 1. The van der Waals surface area contributed by atoms with Crippen LogP contribution in [0.1, 0.15) is 6.92 Å². The monoisotopic (exact) mass is 327 g/mol. The first-order valence-electron chi connectivity index (χ1n) is 6.73. The summed E-state index contributed by atoms with van der Waals surface area (Å²) in [6.07, 6.45) is 0. The Labute approximate surface area is 123 Å². The molecule has 1 aliphatic rings. The fourth-order valence-electron chi connectivity index (χ4n) is 2.29. The molecule has 1 unspecified atom stereocenters. The van der Waals surface area contributed by atoms with Crippen LogP contribution >= 0.6 is 15.9 Å². The van der Waals surface area contributed by atoms with Gasteiger partial charge in [-0.3, -0.25) is 4.90 Å². The molecule has 1 heterocycles. The molecular formula is C14H22BrN3O. The minimum atomic E-state index is 0.544. The third-order valence-electron chi connectivity index (χ3n) is 3.53. The highest BCUT2D eigenvalue weighted by molar-refractivity contribution is 9.10. The highest BCUT2D eigenvalue weighted by atomic mass is 79.9. The summed E-state index contributed by atoms with van der Waals surface area (Å²) in [5.41, 5.74) is 1.12. The van der Waals surface area contributed by atoms with Crippen LogP contribution in [0.25, 0.3) is 0 Å². The van der Waals surface area contributed by atoms with Gasteiger partial charge in [-0.05, 0) is 41.1 Å². The summed E-state index contributed by atoms with van der Waals surface area (Å²) in [6, 6.07) is 6.63. The molecule has 2 rings (SSSR count). The van der Waals surface area contributed by atoms with Gasteiger partial charge in [0.2, 0.25) is 0 Å². The fraction of sp³-hybridized carbons (Fsp3) is 0.571. The average Bonchev–Trinajstić information content (AvgIpc) is 2.46. The molecule has 1 aromatic rings. The van der Waals surface area contributed by atoms with Crippen molar-refractivity contribution in [1.82, 2.24) is 10.2 Å². The van der Waals surface area contributed by atoms with Crippen LogP contribution in [0.2, 0.25) is 0 Å². The molecule has 1 saturated heterocycles. The van der Waals surface area contributed by atoms with Gasteiger partial charge < -0.3 is 15.4 Å². The Balaban J connectivity index is 1.85. The number of rotatable bonds is 5. The average molecular weight is 328 g/mol. The number of nitrogens with zero attached hydrogens (tertiary/aromatic N) is 1. The van der Waals surface area contributed by atoms with E-state index in [1.54, 1.807) is 7.11 Å². The minimum absolute atomic E-state index is 0.544. The molecule has 4 nitrogen and oxygen atoms in total. The highest BCUT2D eigenvalue weighted by Crippen LogP contribution is 2.27. The third-order valence-corrected chi connectivity index (χ3v) is 4.15. The van der Waals surface area contributed by atoms with Gasteiger partial charge in [0.15, 0.2) is 0 Å². The van der Waals surface area contributed by atoms with Gasteiger partial charge in [0.1, 0.15) is 5.75 Å². The lowest BCUT2D eigenvalue weighted by molar-refractivity contribution is 0.191. The Morgan fingerprint density at radius 2 is 2.16 bits per heavy atom. The molecule has 2 N–H and O–H groups in total. The van der Waals surface area contributed by atoms with E-state index in [2.05, 4.69) is 44.5 Å². The van der Waals surface area contributed by atoms with Crippen LogP contribution in [-0.4, -0.2) is 50.8 Å². The zero-order chi connectivity index (χ0) is 13.7. The predicted molar refractivity (Wildman–Crippen MR) is 83.1 cm³/mol. The quantitative estimate of drug-likeness (QED) is 0.869. The lowest BCUT2D eigenvalue weighted by Crippen LogP contribution is -2.49. The highest BCUT2D eigenvalue weighted by Gasteiger charge is 2.15. The van der Waals surface area contributed by atoms with Crippen LogP contribution in [0.15, 0.2) is 22.7 Å². The molecule has 106 valence electrons. The summed E-state index contributed by atoms with van der Waals surface area (Å²) in [4.78, 5) is 2.52. The number of piperazine rings is 1. The van der Waals surface area contributed by atoms with E-state index in [4.69, 9.17) is 4.74 Å². The number of nitrogens with one attached hydrogen (secondary N) is 2. The van der Waals surface area contributed by atoms with E-state index in [9.17, 15) is 0 Å². The number of benzene rings is 1. The van der Waals surface area contributed by atoms with Gasteiger partial charge in [0.25, 0.3) is 0 Å². The fourth-order valence-corrected chi connectivity index (χ4v) is 2.83. The summed E-state index contributed by atoms with van der Waals surface area (Å²) in [7, 11) is 1.68. The van der Waals surface area contributed by atoms with Gasteiger partial charge in [0.05, 0.1) is 11.6 Å². The molecule has 19 heavy (non-hydrogen) atoms. The van der Waals surface area contributed by atoms with Crippen molar-refractivity contribution in [2.45, 2.75) is 13.0 Å². The van der Waals surface area contributed by atoms with E-state index in [-0.39, 0.29) is 0 Å². The van der Waals surface area contributed by atoms with Gasteiger partial charge in [0, 0.05) is 44.5 Å². The SMILES string of the molecule is COc1ccc(NCC(C)N2CCNCC2)cc1Br. The predicted octanol–water partition coefficient (Wildman–Crippen LogP) is 2.16. The van der Waals surface area contributed by atoms with E-state index in [1.807, 2.05) is 12.1 Å². The maximum atomic E-state index is 5.23. The maximum absolute atomic E-state index is 5.23. The number of hydrogen-bond acceptors (Lipinski definition) is 4. The van der Waals surface area contributed by atoms with Crippen LogP contribution in [0.3, 0.4) is 0 Å². The van der Waals surface area contributed by atoms with Crippen molar-refractivity contribution in [2.24, 2.45) is 0 Å². The van der Waals surface area contributed by atoms with Crippen LogP contribution in [-0.2, 0) is 0 Å². The first-order chi connectivity index (χ1) is 9.20. The second-order valence-electron chi connectivity index (χ2n) is 4.87.